The van der Waals surface area contributed by atoms with Crippen molar-refractivity contribution in [3.05, 3.63) is 35.9 Å². The van der Waals surface area contributed by atoms with Gasteiger partial charge in [0.05, 0.1) is 17.5 Å². The molecular weight excluding hydrogens is 470 g/mol. The minimum atomic E-state index is -0.714. The molecule has 4 fully saturated rings. The first-order valence-corrected chi connectivity index (χ1v) is 13.6. The molecule has 0 aromatic heterocycles. The molecule has 4 aliphatic rings. The van der Waals surface area contributed by atoms with Gasteiger partial charge in [0.25, 0.3) is 0 Å². The van der Waals surface area contributed by atoms with Gasteiger partial charge in [-0.1, -0.05) is 44.2 Å². The van der Waals surface area contributed by atoms with Gasteiger partial charge in [0.1, 0.15) is 12.2 Å². The molecule has 1 heterocycles. The number of nitrogens with one attached hydrogen (secondary N) is 2. The maximum atomic E-state index is 13.6. The number of ether oxygens (including phenoxy) is 2. The summed E-state index contributed by atoms with van der Waals surface area (Å²) in [7, 11) is 0. The molecule has 1 saturated heterocycles. The molecule has 3 amide bonds. The quantitative estimate of drug-likeness (QED) is 0.566. The van der Waals surface area contributed by atoms with E-state index in [0.717, 1.165) is 31.2 Å². The van der Waals surface area contributed by atoms with Crippen LogP contribution in [0.4, 0.5) is 9.59 Å². The smallest absolute Gasteiger partial charge is 0.410 e. The molecule has 204 valence electrons. The first kappa shape index (κ1) is 27.3. The molecule has 2 bridgehead atoms. The van der Waals surface area contributed by atoms with Crippen molar-refractivity contribution in [2.75, 3.05) is 13.1 Å². The van der Waals surface area contributed by atoms with Gasteiger partial charge in [0.15, 0.2) is 0 Å². The fraction of sp³-hybridized carbons (Fsp3) is 0.690. The van der Waals surface area contributed by atoms with Gasteiger partial charge in [-0.3, -0.25) is 4.79 Å². The number of fused-ring (bicyclic) bond motifs is 2. The maximum absolute atomic E-state index is 13.6. The highest BCUT2D eigenvalue weighted by Gasteiger charge is 2.65. The monoisotopic (exact) mass is 513 g/mol. The zero-order valence-electron chi connectivity index (χ0n) is 23.1. The molecule has 1 aliphatic heterocycles. The van der Waals surface area contributed by atoms with E-state index in [2.05, 4.69) is 24.5 Å². The number of benzene rings is 1. The van der Waals surface area contributed by atoms with E-state index in [1.807, 2.05) is 58.0 Å². The first-order valence-electron chi connectivity index (χ1n) is 13.6. The topological polar surface area (TPSA) is 97.0 Å². The molecule has 1 aromatic carbocycles. The van der Waals surface area contributed by atoms with Crippen molar-refractivity contribution in [3.8, 4) is 0 Å². The number of hydrogen-bond donors (Lipinski definition) is 2. The molecule has 37 heavy (non-hydrogen) atoms. The van der Waals surface area contributed by atoms with Crippen LogP contribution in [0.25, 0.3) is 0 Å². The molecular formula is C29H43N3O5. The van der Waals surface area contributed by atoms with E-state index in [4.69, 9.17) is 9.47 Å². The van der Waals surface area contributed by atoms with Crippen LogP contribution in [0.5, 0.6) is 0 Å². The number of alkyl carbamates (subject to hydrolysis) is 1. The number of nitrogens with zero attached hydrogens (tertiary/aromatic N) is 1. The van der Waals surface area contributed by atoms with Crippen molar-refractivity contribution in [1.82, 2.24) is 15.5 Å². The van der Waals surface area contributed by atoms with Gasteiger partial charge in [-0.25, -0.2) is 9.59 Å². The summed E-state index contributed by atoms with van der Waals surface area (Å²) in [6.07, 6.45) is 2.56. The third-order valence-corrected chi connectivity index (χ3v) is 8.85. The van der Waals surface area contributed by atoms with Gasteiger partial charge in [0.2, 0.25) is 5.91 Å². The second kappa shape index (κ2) is 10.2. The molecule has 2 N–H and O–H groups in total. The first-order chi connectivity index (χ1) is 17.3. The van der Waals surface area contributed by atoms with E-state index in [-0.39, 0.29) is 41.9 Å². The van der Waals surface area contributed by atoms with Crippen LogP contribution in [0, 0.1) is 23.2 Å². The zero-order valence-corrected chi connectivity index (χ0v) is 23.1. The van der Waals surface area contributed by atoms with Crippen LogP contribution in [0.1, 0.15) is 72.8 Å². The standard InChI is InChI=1S/C29H43N3O5/c1-27(2,3)37-25(34)31-29(6)22(15-20-16-23(29)28(20,4)5)24(33)30-17-21-13-10-14-32(21)26(35)36-18-19-11-8-7-9-12-19/h7-9,11-12,20-23H,10,13-18H2,1-6H3,(H,30,33)(H,31,34)/t20-,21+,22+,23+,29-/m1/s1. The highest BCUT2D eigenvalue weighted by atomic mass is 16.6. The Morgan fingerprint density at radius 2 is 1.78 bits per heavy atom. The molecule has 0 spiro atoms. The summed E-state index contributed by atoms with van der Waals surface area (Å²) >= 11 is 0. The average molecular weight is 514 g/mol. The summed E-state index contributed by atoms with van der Waals surface area (Å²) in [5, 5.41) is 6.22. The lowest BCUT2D eigenvalue weighted by Gasteiger charge is -2.66. The Morgan fingerprint density at radius 1 is 1.08 bits per heavy atom. The van der Waals surface area contributed by atoms with Gasteiger partial charge in [-0.05, 0) is 76.2 Å². The minimum absolute atomic E-state index is 0.0469. The van der Waals surface area contributed by atoms with E-state index < -0.39 is 17.2 Å². The summed E-state index contributed by atoms with van der Waals surface area (Å²) in [6, 6.07) is 9.50. The van der Waals surface area contributed by atoms with E-state index in [9.17, 15) is 14.4 Å². The lowest BCUT2D eigenvalue weighted by Crippen LogP contribution is -2.72. The van der Waals surface area contributed by atoms with Gasteiger partial charge in [-0.2, -0.15) is 0 Å². The number of carbonyl (C=O) groups is 3. The predicted molar refractivity (Wildman–Crippen MR) is 141 cm³/mol. The fourth-order valence-electron chi connectivity index (χ4n) is 6.72. The highest BCUT2D eigenvalue weighted by Crippen LogP contribution is 2.64. The third-order valence-electron chi connectivity index (χ3n) is 8.85. The number of likely N-dealkylation sites (tertiary alicyclic amines) is 1. The Balaban J connectivity index is 1.38. The Morgan fingerprint density at radius 3 is 2.43 bits per heavy atom. The van der Waals surface area contributed by atoms with Gasteiger partial charge < -0.3 is 25.0 Å². The summed E-state index contributed by atoms with van der Waals surface area (Å²) in [5.41, 5.74) is -0.346. The lowest BCUT2D eigenvalue weighted by atomic mass is 9.40. The summed E-state index contributed by atoms with van der Waals surface area (Å²) < 4.78 is 11.1. The van der Waals surface area contributed by atoms with Gasteiger partial charge >= 0.3 is 12.2 Å². The van der Waals surface area contributed by atoms with Crippen molar-refractivity contribution >= 4 is 18.1 Å². The molecule has 8 nitrogen and oxygen atoms in total. The Hall–Kier alpha value is -2.77. The van der Waals surface area contributed by atoms with Crippen LogP contribution in [-0.4, -0.2) is 53.3 Å². The normalized spacial score (nSPS) is 30.2. The summed E-state index contributed by atoms with van der Waals surface area (Å²) in [6.45, 7) is 13.2. The summed E-state index contributed by atoms with van der Waals surface area (Å²) in [5.74, 6) is 0.181. The fourth-order valence-corrected chi connectivity index (χ4v) is 6.72. The van der Waals surface area contributed by atoms with Gasteiger partial charge in [0, 0.05) is 13.1 Å². The van der Waals surface area contributed by atoms with Crippen LogP contribution in [-0.2, 0) is 20.9 Å². The molecule has 1 aromatic rings. The second-order valence-electron chi connectivity index (χ2n) is 12.8. The zero-order chi connectivity index (χ0) is 27.0. The van der Waals surface area contributed by atoms with E-state index in [1.165, 1.54) is 0 Å². The summed E-state index contributed by atoms with van der Waals surface area (Å²) in [4.78, 5) is 40.9. The van der Waals surface area contributed by atoms with E-state index in [0.29, 0.717) is 19.0 Å². The number of carbonyl (C=O) groups excluding carboxylic acids is 3. The molecule has 0 radical (unpaired) electrons. The van der Waals surface area contributed by atoms with Crippen LogP contribution in [0.3, 0.4) is 0 Å². The van der Waals surface area contributed by atoms with Crippen molar-refractivity contribution in [2.24, 2.45) is 23.2 Å². The Kier molecular flexibility index (Phi) is 7.50. The van der Waals surface area contributed by atoms with Crippen molar-refractivity contribution < 1.29 is 23.9 Å². The molecule has 3 saturated carbocycles. The van der Waals surface area contributed by atoms with Crippen molar-refractivity contribution in [1.29, 1.82) is 0 Å². The van der Waals surface area contributed by atoms with Crippen LogP contribution in [0.2, 0.25) is 0 Å². The van der Waals surface area contributed by atoms with E-state index in [1.54, 1.807) is 4.90 Å². The predicted octanol–water partition coefficient (Wildman–Crippen LogP) is 4.87. The molecule has 3 aliphatic carbocycles. The highest BCUT2D eigenvalue weighted by molar-refractivity contribution is 5.82. The van der Waals surface area contributed by atoms with Crippen LogP contribution >= 0.6 is 0 Å². The maximum Gasteiger partial charge on any atom is 0.410 e. The van der Waals surface area contributed by atoms with E-state index >= 15 is 0 Å². The molecule has 8 heteroatoms. The Bertz CT molecular complexity index is 1000. The molecule has 5 rings (SSSR count). The van der Waals surface area contributed by atoms with Gasteiger partial charge in [-0.15, -0.1) is 0 Å². The third kappa shape index (κ3) is 5.73. The largest absolute Gasteiger partial charge is 0.445 e. The lowest BCUT2D eigenvalue weighted by molar-refractivity contribution is -0.166. The number of rotatable bonds is 6. The van der Waals surface area contributed by atoms with Crippen LogP contribution in [0.15, 0.2) is 30.3 Å². The minimum Gasteiger partial charge on any atom is -0.445 e. The number of hydrogen-bond acceptors (Lipinski definition) is 5. The average Bonchev–Trinajstić information content (AvgIpc) is 3.28. The SMILES string of the molecule is CC(C)(C)OC(=O)N[C@]1(C)[C@H](C(=O)NC[C@@H]2CCCN2C(=O)OCc2ccccc2)C[C@@H]2C[C@H]1C2(C)C. The van der Waals surface area contributed by atoms with Crippen molar-refractivity contribution in [2.45, 2.75) is 91.0 Å². The Labute approximate surface area is 220 Å². The molecule has 0 unspecified atom stereocenters. The van der Waals surface area contributed by atoms with Crippen LogP contribution < -0.4 is 10.6 Å². The van der Waals surface area contributed by atoms with Crippen molar-refractivity contribution in [3.63, 3.8) is 0 Å². The second-order valence-corrected chi connectivity index (χ2v) is 12.8. The molecule has 5 atom stereocenters. The number of amides is 3.